The minimum Gasteiger partial charge on any atom is -0.208 e. The van der Waals surface area contributed by atoms with Crippen molar-refractivity contribution in [2.45, 2.75) is 0 Å². The number of rotatable bonds is 8. The molecule has 4 heteroatoms. The van der Waals surface area contributed by atoms with E-state index in [4.69, 9.17) is 0 Å². The molecular formula is C37H30OP2Ru+2. The van der Waals surface area contributed by atoms with Gasteiger partial charge in [0.05, 0.1) is 0 Å². The molecule has 1 nitrogen and oxygen atoms in total. The molecule has 0 saturated heterocycles. The first-order valence-electron chi connectivity index (χ1n) is 13.5. The third-order valence-electron chi connectivity index (χ3n) is 7.43. The molecule has 0 aliphatic rings. The normalized spacial score (nSPS) is 11.3. The van der Waals surface area contributed by atoms with Gasteiger partial charge in [0.2, 0.25) is 14.5 Å². The molecule has 6 aromatic rings. The summed E-state index contributed by atoms with van der Waals surface area (Å²) in [5, 5.41) is 6.74. The van der Waals surface area contributed by atoms with Crippen molar-refractivity contribution >= 4 is 51.6 Å². The van der Waals surface area contributed by atoms with Crippen LogP contribution in [-0.4, -0.2) is 5.27 Å². The van der Waals surface area contributed by atoms with Crippen molar-refractivity contribution in [3.8, 4) is 0 Å². The molecule has 0 heterocycles. The van der Waals surface area contributed by atoms with Crippen LogP contribution < -0.4 is 31.8 Å². The van der Waals surface area contributed by atoms with Gasteiger partial charge in [-0.05, 0) is 72.8 Å². The average Bonchev–Trinajstić information content (AvgIpc) is 3.05. The fraction of sp³-hybridized carbons (Fsp3) is 0. The average molecular weight is 654 g/mol. The Bertz CT molecular complexity index is 1360. The fourth-order valence-corrected chi connectivity index (χ4v) is 16.4. The topological polar surface area (TPSA) is 17.1 Å². The molecule has 0 amide bonds. The van der Waals surface area contributed by atoms with Gasteiger partial charge < -0.3 is 0 Å². The zero-order valence-corrected chi connectivity index (χ0v) is 26.0. The van der Waals surface area contributed by atoms with E-state index >= 15 is 4.79 Å². The smallest absolute Gasteiger partial charge is 0.208 e. The maximum absolute atomic E-state index is 16.4. The second-order valence-electron chi connectivity index (χ2n) is 9.64. The summed E-state index contributed by atoms with van der Waals surface area (Å²) in [5.74, 6) is 0. The van der Waals surface area contributed by atoms with Gasteiger partial charge in [0, 0.05) is 19.5 Å². The Labute approximate surface area is 256 Å². The van der Waals surface area contributed by atoms with Gasteiger partial charge in [-0.1, -0.05) is 109 Å². The Balaban J connectivity index is 0.00000337. The van der Waals surface area contributed by atoms with Gasteiger partial charge in [-0.25, -0.2) is 4.79 Å². The Morgan fingerprint density at radius 3 is 0.585 bits per heavy atom. The van der Waals surface area contributed by atoms with Crippen molar-refractivity contribution in [1.29, 1.82) is 0 Å². The van der Waals surface area contributed by atoms with Crippen LogP contribution in [0.1, 0.15) is 0 Å². The van der Waals surface area contributed by atoms with Crippen molar-refractivity contribution < 1.29 is 24.3 Å². The summed E-state index contributed by atoms with van der Waals surface area (Å²) >= 11 is 0. The van der Waals surface area contributed by atoms with Gasteiger partial charge in [-0.3, -0.25) is 0 Å². The van der Waals surface area contributed by atoms with Crippen LogP contribution in [0.3, 0.4) is 0 Å². The van der Waals surface area contributed by atoms with Crippen molar-refractivity contribution in [3.63, 3.8) is 0 Å². The summed E-state index contributed by atoms with van der Waals surface area (Å²) in [7, 11) is -5.70. The Kier molecular flexibility index (Phi) is 9.17. The summed E-state index contributed by atoms with van der Waals surface area (Å²) in [5.41, 5.74) is 0. The molecule has 0 fully saturated rings. The van der Waals surface area contributed by atoms with E-state index in [0.29, 0.717) is 5.27 Å². The van der Waals surface area contributed by atoms with Crippen LogP contribution in [0, 0.1) is 0 Å². The molecule has 0 aliphatic carbocycles. The summed E-state index contributed by atoms with van der Waals surface area (Å²) in [6.07, 6.45) is 0. The minimum absolute atomic E-state index is 0. The molecule has 6 aromatic carbocycles. The van der Waals surface area contributed by atoms with Gasteiger partial charge in [0.15, 0.2) is 0 Å². The summed E-state index contributed by atoms with van der Waals surface area (Å²) in [4.78, 5) is 16.4. The molecule has 0 aliphatic heterocycles. The van der Waals surface area contributed by atoms with E-state index in [1.807, 2.05) is 36.4 Å². The number of benzene rings is 6. The molecule has 41 heavy (non-hydrogen) atoms. The quantitative estimate of drug-likeness (QED) is 0.127. The molecule has 200 valence electrons. The van der Waals surface area contributed by atoms with Crippen molar-refractivity contribution in [2.24, 2.45) is 0 Å². The summed E-state index contributed by atoms with van der Waals surface area (Å²) in [6.45, 7) is 0. The number of carbonyl (C=O) groups excluding carboxylic acids is 1. The van der Waals surface area contributed by atoms with E-state index < -0.39 is 14.5 Å². The predicted octanol–water partition coefficient (Wildman–Crippen LogP) is 7.09. The second-order valence-corrected chi connectivity index (χ2v) is 16.6. The fourth-order valence-electron chi connectivity index (χ4n) is 5.69. The standard InChI is InChI=1S/C37H30OP2.Ru/c38-37(39(31-19-7-1-8-20-31,32-21-9-2-10-22-32)33-23-11-3-12-24-33)40(34-25-13-4-14-26-34,35-27-15-5-16-28-35)36-29-17-6-18-30-36;/h1-30H;/q+2;. The molecule has 0 spiro atoms. The van der Waals surface area contributed by atoms with Crippen LogP contribution >= 0.6 is 14.5 Å². The van der Waals surface area contributed by atoms with Gasteiger partial charge in [-0.15, -0.1) is 0 Å². The Morgan fingerprint density at radius 2 is 0.439 bits per heavy atom. The molecule has 6 rings (SSSR count). The van der Waals surface area contributed by atoms with Gasteiger partial charge in [0.25, 0.3) is 0 Å². The monoisotopic (exact) mass is 654 g/mol. The third-order valence-corrected chi connectivity index (χ3v) is 16.8. The number of carbonyl (C=O) groups is 1. The molecule has 0 bridgehead atoms. The molecule has 0 atom stereocenters. The van der Waals surface area contributed by atoms with Crippen molar-refractivity contribution in [1.82, 2.24) is 0 Å². The van der Waals surface area contributed by atoms with Gasteiger partial charge in [0.1, 0.15) is 31.8 Å². The van der Waals surface area contributed by atoms with E-state index in [2.05, 4.69) is 146 Å². The zero-order chi connectivity index (χ0) is 27.3. The molecule has 0 aromatic heterocycles. The summed E-state index contributed by atoms with van der Waals surface area (Å²) in [6, 6.07) is 62.9. The Hall–Kier alpha value is -3.53. The maximum atomic E-state index is 16.4. The first kappa shape index (κ1) is 29.0. The Morgan fingerprint density at radius 1 is 0.293 bits per heavy atom. The van der Waals surface area contributed by atoms with E-state index in [-0.39, 0.29) is 19.5 Å². The van der Waals surface area contributed by atoms with E-state index in [1.165, 1.54) is 0 Å². The maximum Gasteiger partial charge on any atom is 0.426 e. The second kappa shape index (κ2) is 13.0. The molecule has 0 saturated carbocycles. The van der Waals surface area contributed by atoms with Crippen LogP contribution in [0.4, 0.5) is 4.79 Å². The minimum atomic E-state index is -2.85. The predicted molar refractivity (Wildman–Crippen MR) is 176 cm³/mol. The van der Waals surface area contributed by atoms with Crippen molar-refractivity contribution in [2.75, 3.05) is 0 Å². The van der Waals surface area contributed by atoms with Crippen LogP contribution in [0.15, 0.2) is 182 Å². The number of hydrogen-bond donors (Lipinski definition) is 0. The van der Waals surface area contributed by atoms with Gasteiger partial charge in [-0.2, -0.15) is 0 Å². The van der Waals surface area contributed by atoms with E-state index in [1.54, 1.807) is 0 Å². The number of hydrogen-bond acceptors (Lipinski definition) is 1. The van der Waals surface area contributed by atoms with E-state index in [9.17, 15) is 0 Å². The van der Waals surface area contributed by atoms with Crippen LogP contribution in [-0.2, 0) is 19.5 Å². The summed E-state index contributed by atoms with van der Waals surface area (Å²) < 4.78 is 0. The molecular weight excluding hydrogens is 623 g/mol. The first-order chi connectivity index (χ1) is 19.8. The molecule has 0 unspecified atom stereocenters. The molecule has 0 N–H and O–H groups in total. The zero-order valence-electron chi connectivity index (χ0n) is 22.5. The van der Waals surface area contributed by atoms with Gasteiger partial charge >= 0.3 is 5.27 Å². The third kappa shape index (κ3) is 5.07. The van der Waals surface area contributed by atoms with Crippen LogP contribution in [0.5, 0.6) is 0 Å². The van der Waals surface area contributed by atoms with Crippen LogP contribution in [0.2, 0.25) is 0 Å². The SMILES string of the molecule is O=C([P+](c1ccccc1)(c1ccccc1)c1ccccc1)[P+](c1ccccc1)(c1ccccc1)c1ccccc1.[Ru]. The van der Waals surface area contributed by atoms with Crippen LogP contribution in [0.25, 0.3) is 0 Å². The first-order valence-corrected chi connectivity index (χ1v) is 17.0. The molecule has 0 radical (unpaired) electrons. The van der Waals surface area contributed by atoms with E-state index in [0.717, 1.165) is 31.8 Å². The largest absolute Gasteiger partial charge is 0.426 e. The van der Waals surface area contributed by atoms with Crippen molar-refractivity contribution in [3.05, 3.63) is 182 Å².